The van der Waals surface area contributed by atoms with Crippen LogP contribution in [0.3, 0.4) is 0 Å². The van der Waals surface area contributed by atoms with Gasteiger partial charge in [-0.1, -0.05) is 72.8 Å². The molecule has 0 saturated heterocycles. The molecule has 1 heterocycles. The predicted molar refractivity (Wildman–Crippen MR) is 122 cm³/mol. The van der Waals surface area contributed by atoms with Gasteiger partial charge < -0.3 is 9.47 Å². The maximum Gasteiger partial charge on any atom is 0.311 e. The molecule has 0 N–H and O–H groups in total. The molecule has 0 saturated carbocycles. The maximum absolute atomic E-state index is 12.9. The van der Waals surface area contributed by atoms with E-state index in [1.54, 1.807) is 36.4 Å². The van der Waals surface area contributed by atoms with Crippen molar-refractivity contribution in [3.05, 3.63) is 107 Å². The molecular formula is C27H23NO6. The van der Waals surface area contributed by atoms with Crippen molar-refractivity contribution >= 4 is 23.8 Å². The molecule has 0 spiro atoms. The number of nitrogens with zero attached hydrogens (tertiary/aromatic N) is 1. The molecule has 0 radical (unpaired) electrons. The lowest BCUT2D eigenvalue weighted by Crippen LogP contribution is -2.39. The fourth-order valence-corrected chi connectivity index (χ4v) is 3.69. The summed E-state index contributed by atoms with van der Waals surface area (Å²) in [5.41, 5.74) is 2.13. The Morgan fingerprint density at radius 3 is 1.68 bits per heavy atom. The summed E-state index contributed by atoms with van der Waals surface area (Å²) in [4.78, 5) is 52.0. The Morgan fingerprint density at radius 2 is 1.15 bits per heavy atom. The third-order valence-corrected chi connectivity index (χ3v) is 5.49. The number of rotatable bonds is 9. The highest BCUT2D eigenvalue weighted by Crippen LogP contribution is 2.25. The first kappa shape index (κ1) is 22.9. The average Bonchev–Trinajstić information content (AvgIpc) is 3.12. The van der Waals surface area contributed by atoms with Crippen molar-refractivity contribution in [2.45, 2.75) is 19.6 Å². The molecule has 0 aromatic heterocycles. The molecule has 3 aromatic carbocycles. The van der Waals surface area contributed by atoms with E-state index >= 15 is 0 Å². The number of carbonyl (C=O) groups excluding carboxylic acids is 4. The summed E-state index contributed by atoms with van der Waals surface area (Å²) in [6.07, 6.45) is -0.326. The lowest BCUT2D eigenvalue weighted by atomic mass is 10.0. The van der Waals surface area contributed by atoms with Crippen LogP contribution in [0.4, 0.5) is 0 Å². The standard InChI is InChI=1S/C27H23NO6/c29-24(33-17-19-9-3-1-4-10-19)15-21(27(32)34-18-20-11-5-2-6-12-20)16-28-25(30)22-13-7-8-14-23(22)26(28)31/h1-14,21H,15-18H2. The Labute approximate surface area is 196 Å². The van der Waals surface area contributed by atoms with Crippen LogP contribution in [-0.2, 0) is 32.3 Å². The Bertz CT molecular complexity index is 1160. The highest BCUT2D eigenvalue weighted by atomic mass is 16.5. The molecule has 7 nitrogen and oxygen atoms in total. The summed E-state index contributed by atoms with van der Waals surface area (Å²) in [5, 5.41) is 0. The minimum absolute atomic E-state index is 0.0113. The van der Waals surface area contributed by atoms with Gasteiger partial charge in [0.05, 0.1) is 23.5 Å². The Hall–Kier alpha value is -4.26. The first-order valence-corrected chi connectivity index (χ1v) is 10.9. The van der Waals surface area contributed by atoms with E-state index in [4.69, 9.17) is 9.47 Å². The Balaban J connectivity index is 1.45. The number of ether oxygens (including phenoxy) is 2. The monoisotopic (exact) mass is 457 g/mol. The molecule has 7 heteroatoms. The molecule has 0 fully saturated rings. The number of esters is 2. The zero-order valence-corrected chi connectivity index (χ0v) is 18.4. The minimum Gasteiger partial charge on any atom is -0.461 e. The van der Waals surface area contributed by atoms with E-state index in [1.165, 1.54) is 0 Å². The van der Waals surface area contributed by atoms with Gasteiger partial charge in [-0.2, -0.15) is 0 Å². The van der Waals surface area contributed by atoms with E-state index in [1.807, 2.05) is 48.5 Å². The fraction of sp³-hybridized carbons (Fsp3) is 0.185. The molecule has 1 aliphatic heterocycles. The molecule has 3 aromatic rings. The number of hydrogen-bond acceptors (Lipinski definition) is 6. The summed E-state index contributed by atoms with van der Waals surface area (Å²) in [6.45, 7) is -0.212. The number of fused-ring (bicyclic) bond motifs is 1. The first-order valence-electron chi connectivity index (χ1n) is 10.9. The number of imide groups is 1. The smallest absolute Gasteiger partial charge is 0.311 e. The van der Waals surface area contributed by atoms with Crippen LogP contribution in [0.25, 0.3) is 0 Å². The summed E-state index contributed by atoms with van der Waals surface area (Å²) in [7, 11) is 0. The van der Waals surface area contributed by atoms with Crippen LogP contribution in [-0.4, -0.2) is 35.2 Å². The first-order chi connectivity index (χ1) is 16.5. The second kappa shape index (κ2) is 10.6. The van der Waals surface area contributed by atoms with Crippen molar-refractivity contribution in [3.8, 4) is 0 Å². The fourth-order valence-electron chi connectivity index (χ4n) is 3.69. The van der Waals surface area contributed by atoms with Gasteiger partial charge in [-0.05, 0) is 23.3 Å². The van der Waals surface area contributed by atoms with Gasteiger partial charge in [0.15, 0.2) is 0 Å². The zero-order chi connectivity index (χ0) is 23.9. The summed E-state index contributed by atoms with van der Waals surface area (Å²) < 4.78 is 10.7. The van der Waals surface area contributed by atoms with Crippen molar-refractivity contribution < 1.29 is 28.7 Å². The van der Waals surface area contributed by atoms with E-state index < -0.39 is 29.7 Å². The lowest BCUT2D eigenvalue weighted by molar-refractivity contribution is -0.157. The average molecular weight is 457 g/mol. The molecule has 34 heavy (non-hydrogen) atoms. The molecule has 1 unspecified atom stereocenters. The highest BCUT2D eigenvalue weighted by molar-refractivity contribution is 6.21. The highest BCUT2D eigenvalue weighted by Gasteiger charge is 2.39. The second-order valence-corrected chi connectivity index (χ2v) is 7.91. The van der Waals surface area contributed by atoms with Gasteiger partial charge in [-0.25, -0.2) is 0 Å². The third kappa shape index (κ3) is 5.38. The topological polar surface area (TPSA) is 90.0 Å². The summed E-state index contributed by atoms with van der Waals surface area (Å²) in [5.74, 6) is -3.37. The normalized spacial score (nSPS) is 13.4. The lowest BCUT2D eigenvalue weighted by Gasteiger charge is -2.21. The second-order valence-electron chi connectivity index (χ2n) is 7.91. The van der Waals surface area contributed by atoms with Crippen LogP contribution in [0.15, 0.2) is 84.9 Å². The van der Waals surface area contributed by atoms with E-state index in [2.05, 4.69) is 0 Å². The van der Waals surface area contributed by atoms with Crippen LogP contribution in [0.1, 0.15) is 38.3 Å². The third-order valence-electron chi connectivity index (χ3n) is 5.49. The SMILES string of the molecule is O=C(CC(CN1C(=O)c2ccccc2C1=O)C(=O)OCc1ccccc1)OCc1ccccc1. The van der Waals surface area contributed by atoms with E-state index in [-0.39, 0.29) is 37.3 Å². The van der Waals surface area contributed by atoms with Crippen molar-refractivity contribution in [2.75, 3.05) is 6.54 Å². The van der Waals surface area contributed by atoms with Crippen LogP contribution in [0.2, 0.25) is 0 Å². The molecule has 172 valence electrons. The van der Waals surface area contributed by atoms with Gasteiger partial charge in [0.1, 0.15) is 13.2 Å². The molecule has 0 aliphatic carbocycles. The summed E-state index contributed by atoms with van der Waals surface area (Å²) >= 11 is 0. The van der Waals surface area contributed by atoms with Crippen molar-refractivity contribution in [1.29, 1.82) is 0 Å². The number of amides is 2. The van der Waals surface area contributed by atoms with E-state index in [9.17, 15) is 19.2 Å². The molecule has 1 aliphatic rings. The van der Waals surface area contributed by atoms with E-state index in [0.29, 0.717) is 0 Å². The molecule has 0 bridgehead atoms. The number of carbonyl (C=O) groups is 4. The van der Waals surface area contributed by atoms with Gasteiger partial charge in [0, 0.05) is 6.54 Å². The van der Waals surface area contributed by atoms with Gasteiger partial charge >= 0.3 is 11.9 Å². The minimum atomic E-state index is -1.06. The van der Waals surface area contributed by atoms with Crippen molar-refractivity contribution in [2.24, 2.45) is 5.92 Å². The predicted octanol–water partition coefficient (Wildman–Crippen LogP) is 3.78. The van der Waals surface area contributed by atoms with Crippen LogP contribution in [0.5, 0.6) is 0 Å². The van der Waals surface area contributed by atoms with Crippen molar-refractivity contribution in [3.63, 3.8) is 0 Å². The maximum atomic E-state index is 12.9. The van der Waals surface area contributed by atoms with Gasteiger partial charge in [0.2, 0.25) is 0 Å². The van der Waals surface area contributed by atoms with E-state index in [0.717, 1.165) is 16.0 Å². The van der Waals surface area contributed by atoms with Gasteiger partial charge in [-0.15, -0.1) is 0 Å². The molecule has 2 amide bonds. The van der Waals surface area contributed by atoms with Crippen LogP contribution >= 0.6 is 0 Å². The quantitative estimate of drug-likeness (QED) is 0.359. The Kier molecular flexibility index (Phi) is 7.13. The van der Waals surface area contributed by atoms with Crippen LogP contribution in [0, 0.1) is 5.92 Å². The van der Waals surface area contributed by atoms with Crippen LogP contribution < -0.4 is 0 Å². The molecule has 1 atom stereocenters. The number of hydrogen-bond donors (Lipinski definition) is 0. The molecular weight excluding hydrogens is 434 g/mol. The van der Waals surface area contributed by atoms with Gasteiger partial charge in [0.25, 0.3) is 11.8 Å². The summed E-state index contributed by atoms with van der Waals surface area (Å²) in [6, 6.07) is 24.7. The largest absolute Gasteiger partial charge is 0.461 e. The van der Waals surface area contributed by atoms with Gasteiger partial charge in [-0.3, -0.25) is 24.1 Å². The Morgan fingerprint density at radius 1 is 0.676 bits per heavy atom. The molecule has 4 rings (SSSR count). The number of benzene rings is 3. The van der Waals surface area contributed by atoms with Crippen molar-refractivity contribution in [1.82, 2.24) is 4.90 Å². The zero-order valence-electron chi connectivity index (χ0n) is 18.4.